The first-order chi connectivity index (χ1) is 40.7. The summed E-state index contributed by atoms with van der Waals surface area (Å²) in [4.78, 5) is 63.2. The molecule has 0 saturated carbocycles. The molecule has 0 radical (unpaired) electrons. The number of aromatic nitrogens is 10. The van der Waals surface area contributed by atoms with Gasteiger partial charge < -0.3 is 16.2 Å². The number of hydrogen-bond donors (Lipinski definition) is 5. The lowest BCUT2D eigenvalue weighted by atomic mass is 9.89. The maximum atomic E-state index is 14.4. The summed E-state index contributed by atoms with van der Waals surface area (Å²) in [6, 6.07) is 61.1. The molecule has 0 spiro atoms. The van der Waals surface area contributed by atoms with Crippen molar-refractivity contribution in [3.8, 4) is 44.8 Å². The van der Waals surface area contributed by atoms with Crippen LogP contribution in [-0.2, 0) is 35.5 Å². The molecule has 1 amide bonds. The highest BCUT2D eigenvalue weighted by Gasteiger charge is 2.37. The number of H-pyrrole nitrogens is 2. The normalized spacial score (nSPS) is 12.7. The maximum Gasteiger partial charge on any atom is 0.332 e. The Morgan fingerprint density at radius 1 is 0.494 bits per heavy atom. The van der Waals surface area contributed by atoms with Crippen LogP contribution in [0.15, 0.2) is 230 Å². The number of hydrogen-bond acceptors (Lipinski definition) is 11. The smallest absolute Gasteiger partial charge is 0.332 e. The van der Waals surface area contributed by atoms with Gasteiger partial charge in [-0.15, -0.1) is 0 Å². The molecule has 17 nitrogen and oxygen atoms in total. The molecule has 6 N–H and O–H groups in total. The van der Waals surface area contributed by atoms with Gasteiger partial charge in [0.2, 0.25) is 5.91 Å². The van der Waals surface area contributed by atoms with E-state index in [4.69, 9.17) is 15.9 Å². The molecule has 0 aliphatic carbocycles. The van der Waals surface area contributed by atoms with Gasteiger partial charge in [0, 0.05) is 88.5 Å². The lowest BCUT2D eigenvalue weighted by molar-refractivity contribution is -0.132. The van der Waals surface area contributed by atoms with Crippen LogP contribution < -0.4 is 11.1 Å². The number of carboxylic acids is 1. The Bertz CT molecular complexity index is 4440. The standard InChI is InChI=1S/C33H24N6O2.C29H19N3O3.C4H7N3/c40-32(35-20-25-15-17-36-37-25)26-19-28-30(21-8-3-1-4-9-21)31(22-10-5-2-6-11-22)38-39(28)33(41)29(26)24-13-14-27-23(18-24)12-7-16-34-27;33-28-25(21-13-14-23-20(16-21)12-7-15-30-23)22(29(34)35)17-24-26(18-8-3-1-4-9-18)27(31-32(24)28)19-10-5-2-6-11-19;5-3-4-1-2-6-7-4/h1-18H,19-20H2,(H,35,40)(H,36,37);1-16H,17H2,(H,34,35);1-2H,3,5H2,(H,6,7). The van der Waals surface area contributed by atoms with Crippen molar-refractivity contribution in [1.82, 2.24) is 55.2 Å². The second kappa shape index (κ2) is 23.2. The Hall–Kier alpha value is -11.3. The number of aliphatic carboxylic acids is 1. The topological polar surface area (TPSA) is 245 Å². The number of amides is 1. The van der Waals surface area contributed by atoms with E-state index in [9.17, 15) is 24.3 Å². The van der Waals surface area contributed by atoms with Crippen LogP contribution in [0.25, 0.3) is 77.7 Å². The zero-order valence-electron chi connectivity index (χ0n) is 44.3. The Kier molecular flexibility index (Phi) is 14.6. The average Bonchev–Trinajstić information content (AvgIpc) is 2.53. The van der Waals surface area contributed by atoms with Gasteiger partial charge in [-0.3, -0.25) is 34.5 Å². The van der Waals surface area contributed by atoms with Gasteiger partial charge in [0.15, 0.2) is 0 Å². The molecule has 6 aromatic heterocycles. The van der Waals surface area contributed by atoms with Crippen LogP contribution in [0.1, 0.15) is 43.5 Å². The highest BCUT2D eigenvalue weighted by molar-refractivity contribution is 6.29. The van der Waals surface area contributed by atoms with Crippen LogP contribution >= 0.6 is 0 Å². The molecule has 0 unspecified atom stereocenters. The van der Waals surface area contributed by atoms with Gasteiger partial charge in [-0.2, -0.15) is 29.8 Å². The maximum absolute atomic E-state index is 14.4. The summed E-state index contributed by atoms with van der Waals surface area (Å²) in [6.45, 7) is 0.797. The van der Waals surface area contributed by atoms with Gasteiger partial charge in [0.05, 0.1) is 51.4 Å². The first-order valence-electron chi connectivity index (χ1n) is 26.6. The van der Waals surface area contributed by atoms with Crippen LogP contribution in [0.3, 0.4) is 0 Å². The molecule has 2 aliphatic heterocycles. The lowest BCUT2D eigenvalue weighted by Gasteiger charge is -2.22. The van der Waals surface area contributed by atoms with E-state index in [-0.39, 0.29) is 42.3 Å². The van der Waals surface area contributed by atoms with Crippen molar-refractivity contribution < 1.29 is 24.3 Å². The molecule has 2 aliphatic rings. The van der Waals surface area contributed by atoms with Crippen LogP contribution in [0.5, 0.6) is 0 Å². The fraction of sp³-hybridized carbons (Fsp3) is 0.0606. The van der Waals surface area contributed by atoms with E-state index < -0.39 is 11.9 Å². The molecule has 8 heterocycles. The van der Waals surface area contributed by atoms with E-state index in [1.807, 2.05) is 176 Å². The number of nitrogens with zero attached hydrogens (tertiary/aromatic N) is 8. The van der Waals surface area contributed by atoms with E-state index in [0.29, 0.717) is 51.6 Å². The second-order valence-corrected chi connectivity index (χ2v) is 19.5. The SMILES string of the molecule is NCc1ccn[nH]1.O=C(NCc1ccn[nH]1)C1=C(c2ccc3ncccc3c2)C(=O)n2nc(-c3ccccc3)c(-c3ccccc3)c2C1.O=C(O)C1=C(c2ccc3ncccc3c2)C(=O)n2nc(-c3ccccc3)c(-c3ccccc3)c2C1. The van der Waals surface area contributed by atoms with Gasteiger partial charge in [-0.1, -0.05) is 146 Å². The highest BCUT2D eigenvalue weighted by Crippen LogP contribution is 2.42. The van der Waals surface area contributed by atoms with Crippen LogP contribution in [0.4, 0.5) is 0 Å². The minimum absolute atomic E-state index is 0.0578. The molecular formula is C66H50N12O5. The summed E-state index contributed by atoms with van der Waals surface area (Å²) < 4.78 is 2.85. The number of nitrogens with one attached hydrogen (secondary N) is 3. The van der Waals surface area contributed by atoms with Crippen molar-refractivity contribution >= 4 is 56.6 Å². The van der Waals surface area contributed by atoms with Crippen molar-refractivity contribution in [1.29, 1.82) is 0 Å². The average molecular weight is 1090 g/mol. The van der Waals surface area contributed by atoms with Gasteiger partial charge in [0.1, 0.15) is 11.4 Å². The Balaban J connectivity index is 0.000000148. The fourth-order valence-electron chi connectivity index (χ4n) is 10.5. The predicted octanol–water partition coefficient (Wildman–Crippen LogP) is 10.8. The minimum Gasteiger partial charge on any atom is -0.478 e. The number of pyridine rings is 2. The Morgan fingerprint density at radius 3 is 1.35 bits per heavy atom. The number of fused-ring (bicyclic) bond motifs is 4. The van der Waals surface area contributed by atoms with E-state index in [0.717, 1.165) is 66.6 Å². The van der Waals surface area contributed by atoms with Crippen molar-refractivity contribution in [2.24, 2.45) is 5.73 Å². The largest absolute Gasteiger partial charge is 0.478 e. The van der Waals surface area contributed by atoms with E-state index in [1.54, 1.807) is 43.0 Å². The lowest BCUT2D eigenvalue weighted by Crippen LogP contribution is -2.32. The van der Waals surface area contributed by atoms with E-state index in [2.05, 4.69) is 35.7 Å². The van der Waals surface area contributed by atoms with Gasteiger partial charge in [0.25, 0.3) is 11.8 Å². The summed E-state index contributed by atoms with van der Waals surface area (Å²) in [5, 5.41) is 37.7. The summed E-state index contributed by atoms with van der Waals surface area (Å²) in [6.07, 6.45) is 7.05. The number of aromatic amines is 2. The minimum atomic E-state index is -1.12. The van der Waals surface area contributed by atoms with Crippen molar-refractivity contribution in [2.45, 2.75) is 25.9 Å². The van der Waals surface area contributed by atoms with Gasteiger partial charge in [-0.05, 0) is 70.8 Å². The molecule has 0 fully saturated rings. The van der Waals surface area contributed by atoms with E-state index >= 15 is 0 Å². The number of rotatable bonds is 11. The molecule has 83 heavy (non-hydrogen) atoms. The molecule has 14 rings (SSSR count). The van der Waals surface area contributed by atoms with Crippen LogP contribution in [-0.4, -0.2) is 78.7 Å². The molecule has 0 bridgehead atoms. The third-order valence-corrected chi connectivity index (χ3v) is 14.4. The highest BCUT2D eigenvalue weighted by atomic mass is 16.4. The zero-order chi connectivity index (χ0) is 56.8. The number of benzene rings is 6. The van der Waals surface area contributed by atoms with Gasteiger partial charge >= 0.3 is 5.97 Å². The van der Waals surface area contributed by atoms with E-state index in [1.165, 1.54) is 9.36 Å². The van der Waals surface area contributed by atoms with Gasteiger partial charge in [-0.25, -0.2) is 4.79 Å². The van der Waals surface area contributed by atoms with Crippen molar-refractivity contribution in [2.75, 3.05) is 0 Å². The zero-order valence-corrected chi connectivity index (χ0v) is 44.3. The molecule has 12 aromatic rings. The molecule has 0 saturated heterocycles. The molecular weight excluding hydrogens is 1040 g/mol. The second-order valence-electron chi connectivity index (χ2n) is 19.5. The quantitative estimate of drug-likeness (QED) is 0.0812. The fourth-order valence-corrected chi connectivity index (χ4v) is 10.5. The van der Waals surface area contributed by atoms with Crippen molar-refractivity contribution in [3.05, 3.63) is 264 Å². The molecule has 6 aromatic carbocycles. The first-order valence-corrected chi connectivity index (χ1v) is 26.6. The molecule has 404 valence electrons. The molecule has 0 atom stereocenters. The number of allylic oxidation sites excluding steroid dienone is 2. The monoisotopic (exact) mass is 1090 g/mol. The summed E-state index contributed by atoms with van der Waals surface area (Å²) >= 11 is 0. The predicted molar refractivity (Wildman–Crippen MR) is 317 cm³/mol. The summed E-state index contributed by atoms with van der Waals surface area (Å²) in [5.74, 6) is -2.24. The number of carbonyl (C=O) groups is 4. The summed E-state index contributed by atoms with van der Waals surface area (Å²) in [5.41, 5.74) is 18.4. The number of nitrogens with two attached hydrogens (primary N) is 1. The Labute approximate surface area is 474 Å². The number of carboxylic acid groups (broad SMARTS) is 1. The van der Waals surface area contributed by atoms with Crippen LogP contribution in [0, 0.1) is 0 Å². The summed E-state index contributed by atoms with van der Waals surface area (Å²) in [7, 11) is 0. The van der Waals surface area contributed by atoms with Crippen molar-refractivity contribution in [3.63, 3.8) is 0 Å². The third kappa shape index (κ3) is 10.6. The molecule has 17 heteroatoms. The number of carbonyl (C=O) groups excluding carboxylic acids is 3. The van der Waals surface area contributed by atoms with Crippen LogP contribution in [0.2, 0.25) is 0 Å². The Morgan fingerprint density at radius 2 is 0.928 bits per heavy atom. The third-order valence-electron chi connectivity index (χ3n) is 14.4. The first kappa shape index (κ1) is 52.4.